The second-order valence-corrected chi connectivity index (χ2v) is 6.09. The molecular formula is C15H18BrNO. The van der Waals surface area contributed by atoms with Crippen LogP contribution in [0, 0.1) is 0 Å². The molecule has 2 nitrogen and oxygen atoms in total. The Balaban J connectivity index is 1.71. The first-order valence-electron chi connectivity index (χ1n) is 6.64. The van der Waals surface area contributed by atoms with E-state index in [0.717, 1.165) is 34.8 Å². The van der Waals surface area contributed by atoms with Gasteiger partial charge in [-0.2, -0.15) is 0 Å². The maximum atomic E-state index is 5.87. The predicted octanol–water partition coefficient (Wildman–Crippen LogP) is 4.22. The van der Waals surface area contributed by atoms with Gasteiger partial charge in [0.15, 0.2) is 0 Å². The third-order valence-electron chi connectivity index (χ3n) is 3.87. The molecule has 0 aliphatic carbocycles. The van der Waals surface area contributed by atoms with Crippen molar-refractivity contribution in [1.82, 2.24) is 4.90 Å². The van der Waals surface area contributed by atoms with Gasteiger partial charge >= 0.3 is 0 Å². The van der Waals surface area contributed by atoms with Crippen LogP contribution in [-0.4, -0.2) is 24.0 Å². The van der Waals surface area contributed by atoms with E-state index in [2.05, 4.69) is 39.9 Å². The quantitative estimate of drug-likeness (QED) is 0.844. The average molecular weight is 308 g/mol. The molecule has 96 valence electrons. The fourth-order valence-corrected chi connectivity index (χ4v) is 3.15. The summed E-state index contributed by atoms with van der Waals surface area (Å²) in [5.41, 5.74) is 0.989. The first kappa shape index (κ1) is 12.2. The highest BCUT2D eigenvalue weighted by atomic mass is 79.9. The lowest BCUT2D eigenvalue weighted by Gasteiger charge is -2.19. The Hall–Kier alpha value is -0.800. The van der Waals surface area contributed by atoms with Crippen molar-refractivity contribution in [3.05, 3.63) is 34.5 Å². The zero-order chi connectivity index (χ0) is 12.5. The third-order valence-corrected chi connectivity index (χ3v) is 4.36. The van der Waals surface area contributed by atoms with E-state index in [1.807, 2.05) is 12.1 Å². The molecule has 3 rings (SSSR count). The Kier molecular flexibility index (Phi) is 3.44. The first-order valence-corrected chi connectivity index (χ1v) is 7.44. The van der Waals surface area contributed by atoms with E-state index in [1.54, 1.807) is 0 Å². The van der Waals surface area contributed by atoms with E-state index in [0.29, 0.717) is 0 Å². The standard InChI is InChI=1S/C15H18BrNO/c1-11-3-2-7-17(11)8-6-14-10-12-9-13(16)4-5-15(12)18-14/h4-5,9-11H,2-3,6-8H2,1H3/t11-/m1/s1. The second kappa shape index (κ2) is 5.06. The van der Waals surface area contributed by atoms with Crippen LogP contribution in [0.4, 0.5) is 0 Å². The van der Waals surface area contributed by atoms with Gasteiger partial charge in [-0.15, -0.1) is 0 Å². The van der Waals surface area contributed by atoms with Crippen LogP contribution < -0.4 is 0 Å². The van der Waals surface area contributed by atoms with E-state index in [1.165, 1.54) is 24.8 Å². The summed E-state index contributed by atoms with van der Waals surface area (Å²) in [6, 6.07) is 9.07. The van der Waals surface area contributed by atoms with Gasteiger partial charge < -0.3 is 9.32 Å². The Morgan fingerprint density at radius 3 is 3.06 bits per heavy atom. The normalized spacial score (nSPS) is 20.9. The minimum atomic E-state index is 0.739. The highest BCUT2D eigenvalue weighted by Crippen LogP contribution is 2.24. The molecule has 0 bridgehead atoms. The topological polar surface area (TPSA) is 16.4 Å². The average Bonchev–Trinajstić information content (AvgIpc) is 2.92. The third kappa shape index (κ3) is 2.47. The number of hydrogen-bond acceptors (Lipinski definition) is 2. The van der Waals surface area contributed by atoms with Gasteiger partial charge in [0.05, 0.1) is 0 Å². The van der Waals surface area contributed by atoms with Crippen molar-refractivity contribution in [2.75, 3.05) is 13.1 Å². The van der Waals surface area contributed by atoms with E-state index in [-0.39, 0.29) is 0 Å². The van der Waals surface area contributed by atoms with Crippen molar-refractivity contribution < 1.29 is 4.42 Å². The zero-order valence-corrected chi connectivity index (χ0v) is 12.2. The number of fused-ring (bicyclic) bond motifs is 1. The highest BCUT2D eigenvalue weighted by molar-refractivity contribution is 9.10. The molecule has 1 aliphatic rings. The van der Waals surface area contributed by atoms with Gasteiger partial charge in [-0.1, -0.05) is 15.9 Å². The van der Waals surface area contributed by atoms with Crippen molar-refractivity contribution in [3.8, 4) is 0 Å². The molecule has 3 heteroatoms. The summed E-state index contributed by atoms with van der Waals surface area (Å²) in [6.07, 6.45) is 3.69. The van der Waals surface area contributed by atoms with Crippen LogP contribution >= 0.6 is 15.9 Å². The summed E-state index contributed by atoms with van der Waals surface area (Å²) in [5, 5.41) is 1.19. The molecule has 1 fully saturated rings. The van der Waals surface area contributed by atoms with Gasteiger partial charge in [-0.25, -0.2) is 0 Å². The van der Waals surface area contributed by atoms with Crippen LogP contribution in [0.15, 0.2) is 33.2 Å². The van der Waals surface area contributed by atoms with Gasteiger partial charge in [0.25, 0.3) is 0 Å². The summed E-state index contributed by atoms with van der Waals surface area (Å²) < 4.78 is 6.98. The smallest absolute Gasteiger partial charge is 0.134 e. The molecule has 0 amide bonds. The molecule has 1 aliphatic heterocycles. The van der Waals surface area contributed by atoms with Gasteiger partial charge in [0.1, 0.15) is 11.3 Å². The molecule has 0 spiro atoms. The van der Waals surface area contributed by atoms with Gasteiger partial charge in [-0.05, 0) is 50.6 Å². The van der Waals surface area contributed by atoms with Crippen LogP contribution in [0.5, 0.6) is 0 Å². The number of furan rings is 1. The maximum Gasteiger partial charge on any atom is 0.134 e. The van der Waals surface area contributed by atoms with Crippen LogP contribution in [0.2, 0.25) is 0 Å². The van der Waals surface area contributed by atoms with Crippen molar-refractivity contribution in [1.29, 1.82) is 0 Å². The van der Waals surface area contributed by atoms with E-state index in [4.69, 9.17) is 4.42 Å². The number of likely N-dealkylation sites (tertiary alicyclic amines) is 1. The van der Waals surface area contributed by atoms with E-state index >= 15 is 0 Å². The van der Waals surface area contributed by atoms with Gasteiger partial charge in [-0.3, -0.25) is 0 Å². The van der Waals surface area contributed by atoms with Crippen LogP contribution in [0.25, 0.3) is 11.0 Å². The SMILES string of the molecule is C[C@@H]1CCCN1CCc1cc2cc(Br)ccc2o1. The fraction of sp³-hybridized carbons (Fsp3) is 0.467. The van der Waals surface area contributed by atoms with Crippen molar-refractivity contribution in [2.24, 2.45) is 0 Å². The highest BCUT2D eigenvalue weighted by Gasteiger charge is 2.19. The fourth-order valence-electron chi connectivity index (χ4n) is 2.77. The molecule has 1 aromatic carbocycles. The van der Waals surface area contributed by atoms with Crippen molar-refractivity contribution in [2.45, 2.75) is 32.2 Å². The number of halogens is 1. The molecule has 2 heterocycles. The Labute approximate surface area is 116 Å². The Morgan fingerprint density at radius 1 is 1.39 bits per heavy atom. The molecule has 18 heavy (non-hydrogen) atoms. The molecule has 1 aromatic heterocycles. The molecule has 0 N–H and O–H groups in total. The number of rotatable bonds is 3. The van der Waals surface area contributed by atoms with Crippen LogP contribution in [0.3, 0.4) is 0 Å². The summed E-state index contributed by atoms with van der Waals surface area (Å²) in [5.74, 6) is 1.10. The lowest BCUT2D eigenvalue weighted by molar-refractivity contribution is 0.266. The van der Waals surface area contributed by atoms with Crippen LogP contribution in [-0.2, 0) is 6.42 Å². The molecular weight excluding hydrogens is 290 g/mol. The summed E-state index contributed by atoms with van der Waals surface area (Å²) in [7, 11) is 0. The maximum absolute atomic E-state index is 5.87. The monoisotopic (exact) mass is 307 g/mol. The molecule has 0 radical (unpaired) electrons. The Bertz CT molecular complexity index is 548. The zero-order valence-electron chi connectivity index (χ0n) is 10.7. The van der Waals surface area contributed by atoms with E-state index < -0.39 is 0 Å². The molecule has 1 saturated heterocycles. The number of benzene rings is 1. The number of hydrogen-bond donors (Lipinski definition) is 0. The lowest BCUT2D eigenvalue weighted by Crippen LogP contribution is -2.28. The largest absolute Gasteiger partial charge is 0.461 e. The predicted molar refractivity (Wildman–Crippen MR) is 77.9 cm³/mol. The van der Waals surface area contributed by atoms with Gasteiger partial charge in [0.2, 0.25) is 0 Å². The first-order chi connectivity index (χ1) is 8.72. The summed E-state index contributed by atoms with van der Waals surface area (Å²) in [6.45, 7) is 4.68. The molecule has 2 aromatic rings. The Morgan fingerprint density at radius 2 is 2.28 bits per heavy atom. The summed E-state index contributed by atoms with van der Waals surface area (Å²) in [4.78, 5) is 2.56. The van der Waals surface area contributed by atoms with Crippen molar-refractivity contribution >= 4 is 26.9 Å². The summed E-state index contributed by atoms with van der Waals surface area (Å²) >= 11 is 3.49. The molecule has 1 atom stereocenters. The minimum absolute atomic E-state index is 0.739. The van der Waals surface area contributed by atoms with Gasteiger partial charge in [0, 0.05) is 28.9 Å². The second-order valence-electron chi connectivity index (χ2n) is 5.17. The van der Waals surface area contributed by atoms with E-state index in [9.17, 15) is 0 Å². The van der Waals surface area contributed by atoms with Crippen molar-refractivity contribution in [3.63, 3.8) is 0 Å². The molecule has 0 saturated carbocycles. The molecule has 0 unspecified atom stereocenters. The number of nitrogens with zero attached hydrogens (tertiary/aromatic N) is 1. The lowest BCUT2D eigenvalue weighted by atomic mass is 10.2. The minimum Gasteiger partial charge on any atom is -0.461 e. The van der Waals surface area contributed by atoms with Crippen LogP contribution in [0.1, 0.15) is 25.5 Å².